The molecule has 0 atom stereocenters. The van der Waals surface area contributed by atoms with Gasteiger partial charge in [-0.3, -0.25) is 0 Å². The molecule has 0 unspecified atom stereocenters. The van der Waals surface area contributed by atoms with Gasteiger partial charge in [0.1, 0.15) is 17.7 Å². The number of nitriles is 1. The number of piperidine rings is 1. The second kappa shape index (κ2) is 6.98. The smallest absolute Gasteiger partial charge is 0.128 e. The van der Waals surface area contributed by atoms with E-state index in [-0.39, 0.29) is 17.8 Å². The Morgan fingerprint density at radius 2 is 2.04 bits per heavy atom. The average Bonchev–Trinajstić information content (AvgIpc) is 2.62. The van der Waals surface area contributed by atoms with Gasteiger partial charge in [0.2, 0.25) is 0 Å². The van der Waals surface area contributed by atoms with Crippen LogP contribution in [0, 0.1) is 22.6 Å². The number of hydrogen-bond donors (Lipinski definition) is 1. The molecule has 2 heterocycles. The molecule has 1 N–H and O–H groups in total. The highest BCUT2D eigenvalue weighted by Gasteiger charge is 2.34. The maximum Gasteiger partial charge on any atom is 0.128 e. The maximum absolute atomic E-state index is 13.4. The number of halogens is 1. The van der Waals surface area contributed by atoms with Gasteiger partial charge >= 0.3 is 0 Å². The van der Waals surface area contributed by atoms with E-state index < -0.39 is 0 Å². The summed E-state index contributed by atoms with van der Waals surface area (Å²) in [6, 6.07) is 12.3. The first-order valence-electron chi connectivity index (χ1n) is 8.11. The van der Waals surface area contributed by atoms with E-state index in [0.717, 1.165) is 37.3 Å². The summed E-state index contributed by atoms with van der Waals surface area (Å²) in [7, 11) is 0. The molecular weight excluding hydrogens is 305 g/mol. The van der Waals surface area contributed by atoms with Crippen molar-refractivity contribution in [1.29, 1.82) is 5.26 Å². The first kappa shape index (κ1) is 16.4. The molecule has 1 fully saturated rings. The van der Waals surface area contributed by atoms with E-state index in [9.17, 15) is 9.50 Å². The number of aliphatic hydroxyl groups is 1. The SMILES string of the molecule is N#Cc1ccc(N2CCC(CO)(Cc3cccc(F)c3)CC2)nc1. The molecule has 1 aliphatic heterocycles. The molecule has 0 saturated carbocycles. The van der Waals surface area contributed by atoms with Crippen molar-refractivity contribution in [3.8, 4) is 6.07 Å². The average molecular weight is 325 g/mol. The molecule has 0 amide bonds. The fourth-order valence-electron chi connectivity index (χ4n) is 3.32. The molecule has 1 aromatic carbocycles. The molecule has 3 rings (SSSR count). The van der Waals surface area contributed by atoms with Crippen LogP contribution in [0.25, 0.3) is 0 Å². The normalized spacial score (nSPS) is 16.6. The summed E-state index contributed by atoms with van der Waals surface area (Å²) >= 11 is 0. The Kier molecular flexibility index (Phi) is 4.77. The van der Waals surface area contributed by atoms with E-state index in [1.165, 1.54) is 6.07 Å². The van der Waals surface area contributed by atoms with Crippen LogP contribution in [0.5, 0.6) is 0 Å². The molecule has 5 heteroatoms. The second-order valence-electron chi connectivity index (χ2n) is 6.47. The fourth-order valence-corrected chi connectivity index (χ4v) is 3.32. The van der Waals surface area contributed by atoms with Gasteiger partial charge in [-0.25, -0.2) is 9.37 Å². The predicted octanol–water partition coefficient (Wildman–Crippen LogP) is 2.91. The van der Waals surface area contributed by atoms with Crippen molar-refractivity contribution >= 4 is 5.82 Å². The number of rotatable bonds is 4. The Bertz CT molecular complexity index is 731. The number of pyridine rings is 1. The quantitative estimate of drug-likeness (QED) is 0.939. The molecule has 2 aromatic rings. The molecule has 1 aromatic heterocycles. The molecule has 0 aliphatic carbocycles. The maximum atomic E-state index is 13.4. The van der Waals surface area contributed by atoms with E-state index in [0.29, 0.717) is 12.0 Å². The minimum atomic E-state index is -0.236. The van der Waals surface area contributed by atoms with E-state index >= 15 is 0 Å². The van der Waals surface area contributed by atoms with Crippen molar-refractivity contribution in [3.63, 3.8) is 0 Å². The van der Waals surface area contributed by atoms with Gasteiger partial charge in [-0.1, -0.05) is 12.1 Å². The lowest BCUT2D eigenvalue weighted by Gasteiger charge is -2.41. The molecule has 1 aliphatic rings. The number of hydrogen-bond acceptors (Lipinski definition) is 4. The van der Waals surface area contributed by atoms with Gasteiger partial charge in [-0.15, -0.1) is 0 Å². The Balaban J connectivity index is 1.68. The summed E-state index contributed by atoms with van der Waals surface area (Å²) in [4.78, 5) is 6.50. The second-order valence-corrected chi connectivity index (χ2v) is 6.47. The molecule has 0 radical (unpaired) electrons. The summed E-state index contributed by atoms with van der Waals surface area (Å²) in [6.07, 6.45) is 3.90. The summed E-state index contributed by atoms with van der Waals surface area (Å²) < 4.78 is 13.4. The number of benzene rings is 1. The van der Waals surface area contributed by atoms with Gasteiger partial charge < -0.3 is 10.0 Å². The molecule has 24 heavy (non-hydrogen) atoms. The van der Waals surface area contributed by atoms with E-state index in [1.807, 2.05) is 12.1 Å². The van der Waals surface area contributed by atoms with Crippen LogP contribution in [0.4, 0.5) is 10.2 Å². The van der Waals surface area contributed by atoms with E-state index in [2.05, 4.69) is 16.0 Å². The largest absolute Gasteiger partial charge is 0.396 e. The van der Waals surface area contributed by atoms with Crippen LogP contribution in [0.1, 0.15) is 24.0 Å². The standard InChI is InChI=1S/C19H20FN3O/c20-17-3-1-2-15(10-17)11-19(14-24)6-8-23(9-7-19)18-5-4-16(12-21)13-22-18/h1-5,10,13,24H,6-9,11,14H2. The zero-order chi connectivity index (χ0) is 17.0. The van der Waals surface area contributed by atoms with Gasteiger partial charge in [0.25, 0.3) is 0 Å². The van der Waals surface area contributed by atoms with Crippen molar-refractivity contribution in [2.45, 2.75) is 19.3 Å². The summed E-state index contributed by atoms with van der Waals surface area (Å²) in [5.41, 5.74) is 1.26. The Morgan fingerprint density at radius 1 is 1.25 bits per heavy atom. The highest BCUT2D eigenvalue weighted by Crippen LogP contribution is 2.36. The first-order chi connectivity index (χ1) is 11.6. The minimum Gasteiger partial charge on any atom is -0.396 e. The van der Waals surface area contributed by atoms with E-state index in [4.69, 9.17) is 5.26 Å². The topological polar surface area (TPSA) is 60.2 Å². The predicted molar refractivity (Wildman–Crippen MR) is 90.0 cm³/mol. The van der Waals surface area contributed by atoms with Crippen LogP contribution in [0.2, 0.25) is 0 Å². The Hall–Kier alpha value is -2.45. The van der Waals surface area contributed by atoms with Gasteiger partial charge in [0, 0.05) is 31.3 Å². The molecule has 4 nitrogen and oxygen atoms in total. The zero-order valence-electron chi connectivity index (χ0n) is 13.5. The Labute approximate surface area is 141 Å². The van der Waals surface area contributed by atoms with Crippen molar-refractivity contribution in [2.75, 3.05) is 24.6 Å². The van der Waals surface area contributed by atoms with Gasteiger partial charge in [0.05, 0.1) is 5.56 Å². The molecular formula is C19H20FN3O. The van der Waals surface area contributed by atoms with Gasteiger partial charge in [-0.2, -0.15) is 5.26 Å². The third-order valence-electron chi connectivity index (χ3n) is 4.83. The number of aromatic nitrogens is 1. The van der Waals surface area contributed by atoms with Crippen molar-refractivity contribution in [2.24, 2.45) is 5.41 Å². The van der Waals surface area contributed by atoms with Crippen LogP contribution in [-0.2, 0) is 6.42 Å². The van der Waals surface area contributed by atoms with Crippen molar-refractivity contribution in [3.05, 3.63) is 59.5 Å². The lowest BCUT2D eigenvalue weighted by atomic mass is 9.74. The number of anilines is 1. The highest BCUT2D eigenvalue weighted by atomic mass is 19.1. The lowest BCUT2D eigenvalue weighted by Crippen LogP contribution is -2.43. The number of nitrogens with zero attached hydrogens (tertiary/aromatic N) is 3. The summed E-state index contributed by atoms with van der Waals surface area (Å²) in [6.45, 7) is 1.67. The lowest BCUT2D eigenvalue weighted by molar-refractivity contribution is 0.0960. The third-order valence-corrected chi connectivity index (χ3v) is 4.83. The van der Waals surface area contributed by atoms with Crippen LogP contribution in [0.3, 0.4) is 0 Å². The van der Waals surface area contributed by atoms with Crippen molar-refractivity contribution < 1.29 is 9.50 Å². The highest BCUT2D eigenvalue weighted by molar-refractivity contribution is 5.42. The number of aliphatic hydroxyl groups excluding tert-OH is 1. The van der Waals surface area contributed by atoms with Crippen LogP contribution in [-0.4, -0.2) is 29.8 Å². The summed E-state index contributed by atoms with van der Waals surface area (Å²) in [5.74, 6) is 0.617. The summed E-state index contributed by atoms with van der Waals surface area (Å²) in [5, 5.41) is 18.8. The minimum absolute atomic E-state index is 0.0954. The molecule has 124 valence electrons. The first-order valence-corrected chi connectivity index (χ1v) is 8.11. The van der Waals surface area contributed by atoms with Crippen LogP contribution >= 0.6 is 0 Å². The Morgan fingerprint density at radius 3 is 2.62 bits per heavy atom. The van der Waals surface area contributed by atoms with Gasteiger partial charge in [-0.05, 0) is 49.1 Å². The van der Waals surface area contributed by atoms with Gasteiger partial charge in [0.15, 0.2) is 0 Å². The van der Waals surface area contributed by atoms with Crippen LogP contribution < -0.4 is 4.90 Å². The molecule has 1 saturated heterocycles. The van der Waals surface area contributed by atoms with Crippen molar-refractivity contribution in [1.82, 2.24) is 4.98 Å². The zero-order valence-corrected chi connectivity index (χ0v) is 13.5. The van der Waals surface area contributed by atoms with E-state index in [1.54, 1.807) is 24.4 Å². The fraction of sp³-hybridized carbons (Fsp3) is 0.368. The molecule has 0 spiro atoms. The monoisotopic (exact) mass is 325 g/mol. The molecule has 0 bridgehead atoms. The van der Waals surface area contributed by atoms with Crippen LogP contribution in [0.15, 0.2) is 42.6 Å². The third kappa shape index (κ3) is 3.55.